The lowest BCUT2D eigenvalue weighted by molar-refractivity contribution is -0.123. The second-order valence-corrected chi connectivity index (χ2v) is 8.58. The summed E-state index contributed by atoms with van der Waals surface area (Å²) in [6, 6.07) is 8.59. The molecule has 6 nitrogen and oxygen atoms in total. The molecular weight excluding hydrogens is 370 g/mol. The third-order valence-electron chi connectivity index (χ3n) is 5.11. The van der Waals surface area contributed by atoms with E-state index in [0.717, 1.165) is 38.4 Å². The van der Waals surface area contributed by atoms with Gasteiger partial charge < -0.3 is 10.3 Å². The first-order valence-corrected chi connectivity index (χ1v) is 10.7. The molecule has 1 aliphatic heterocycles. The molecule has 1 saturated heterocycles. The van der Waals surface area contributed by atoms with Gasteiger partial charge in [-0.1, -0.05) is 6.07 Å². The Balaban J connectivity index is 1.45. The summed E-state index contributed by atoms with van der Waals surface area (Å²) in [7, 11) is 0. The molecule has 0 aliphatic carbocycles. The maximum atomic E-state index is 12.0. The highest BCUT2D eigenvalue weighted by molar-refractivity contribution is 7.13. The molecule has 0 spiro atoms. The fourth-order valence-electron chi connectivity index (χ4n) is 3.77. The highest BCUT2D eigenvalue weighted by Gasteiger charge is 2.22. The molecule has 4 rings (SSSR count). The number of carbonyl (C=O) groups excluding carboxylic acids is 1. The first kappa shape index (κ1) is 19.1. The molecule has 148 valence electrons. The van der Waals surface area contributed by atoms with Gasteiger partial charge in [0.2, 0.25) is 5.91 Å². The first-order valence-electron chi connectivity index (χ1n) is 9.83. The van der Waals surface area contributed by atoms with Crippen LogP contribution in [0.25, 0.3) is 21.6 Å². The van der Waals surface area contributed by atoms with Crippen LogP contribution < -0.4 is 5.32 Å². The highest BCUT2D eigenvalue weighted by Crippen LogP contribution is 2.33. The number of aromatic nitrogens is 2. The van der Waals surface area contributed by atoms with E-state index in [1.54, 1.807) is 11.3 Å². The highest BCUT2D eigenvalue weighted by atomic mass is 32.1. The normalized spacial score (nSPS) is 16.1. The number of fused-ring (bicyclic) bond motifs is 1. The minimum absolute atomic E-state index is 0.117. The Morgan fingerprint density at radius 2 is 2.00 bits per heavy atom. The van der Waals surface area contributed by atoms with Gasteiger partial charge in [0.15, 0.2) is 0 Å². The van der Waals surface area contributed by atoms with Crippen LogP contribution in [0, 0.1) is 0 Å². The molecule has 1 aliphatic rings. The third-order valence-corrected chi connectivity index (χ3v) is 6.00. The smallest absolute Gasteiger partial charge is 0.234 e. The predicted octanol–water partition coefficient (Wildman–Crippen LogP) is 2.93. The third kappa shape index (κ3) is 4.27. The van der Waals surface area contributed by atoms with Crippen molar-refractivity contribution in [1.82, 2.24) is 25.1 Å². The van der Waals surface area contributed by atoms with E-state index in [1.165, 1.54) is 21.5 Å². The average Bonchev–Trinajstić information content (AvgIpc) is 3.31. The molecule has 2 N–H and O–H groups in total. The Morgan fingerprint density at radius 1 is 1.21 bits per heavy atom. The van der Waals surface area contributed by atoms with Gasteiger partial charge in [0.25, 0.3) is 0 Å². The van der Waals surface area contributed by atoms with E-state index >= 15 is 0 Å². The minimum Gasteiger partial charge on any atom is -0.353 e. The van der Waals surface area contributed by atoms with Crippen molar-refractivity contribution in [3.63, 3.8) is 0 Å². The van der Waals surface area contributed by atoms with Gasteiger partial charge in [-0.2, -0.15) is 0 Å². The lowest BCUT2D eigenvalue weighted by Crippen LogP contribution is -2.49. The quantitative estimate of drug-likeness (QED) is 0.671. The van der Waals surface area contributed by atoms with Crippen LogP contribution in [0.5, 0.6) is 0 Å². The molecule has 3 aromatic heterocycles. The summed E-state index contributed by atoms with van der Waals surface area (Å²) in [4.78, 5) is 26.0. The van der Waals surface area contributed by atoms with Crippen LogP contribution in [0.1, 0.15) is 19.4 Å². The van der Waals surface area contributed by atoms with Crippen LogP contribution in [0.15, 0.2) is 35.8 Å². The minimum atomic E-state index is 0.117. The summed E-state index contributed by atoms with van der Waals surface area (Å²) < 4.78 is 0. The zero-order valence-electron chi connectivity index (χ0n) is 16.4. The fraction of sp³-hybridized carbons (Fsp3) is 0.429. The molecule has 0 aromatic carbocycles. The predicted molar refractivity (Wildman–Crippen MR) is 114 cm³/mol. The first-order chi connectivity index (χ1) is 13.6. The number of pyridine rings is 1. The number of carbonyl (C=O) groups is 1. The molecule has 7 heteroatoms. The molecule has 1 amide bonds. The van der Waals surface area contributed by atoms with Crippen LogP contribution in [0.2, 0.25) is 0 Å². The number of piperazine rings is 1. The van der Waals surface area contributed by atoms with Crippen molar-refractivity contribution in [2.75, 3.05) is 32.7 Å². The van der Waals surface area contributed by atoms with Crippen LogP contribution >= 0.6 is 11.3 Å². The second-order valence-electron chi connectivity index (χ2n) is 7.63. The number of aromatic amines is 1. The lowest BCUT2D eigenvalue weighted by Gasteiger charge is -2.34. The number of H-pyrrole nitrogens is 1. The Labute approximate surface area is 169 Å². The van der Waals surface area contributed by atoms with E-state index in [4.69, 9.17) is 0 Å². The fourth-order valence-corrected chi connectivity index (χ4v) is 4.53. The number of hydrogen-bond donors (Lipinski definition) is 2. The van der Waals surface area contributed by atoms with Crippen LogP contribution in [0.4, 0.5) is 0 Å². The van der Waals surface area contributed by atoms with E-state index in [0.29, 0.717) is 6.54 Å². The van der Waals surface area contributed by atoms with E-state index in [1.807, 2.05) is 26.1 Å². The van der Waals surface area contributed by atoms with Crippen molar-refractivity contribution in [2.24, 2.45) is 0 Å². The molecule has 28 heavy (non-hydrogen) atoms. The van der Waals surface area contributed by atoms with Crippen LogP contribution in [-0.4, -0.2) is 64.4 Å². The Kier molecular flexibility index (Phi) is 5.75. The van der Waals surface area contributed by atoms with Crippen molar-refractivity contribution >= 4 is 28.3 Å². The summed E-state index contributed by atoms with van der Waals surface area (Å²) >= 11 is 1.75. The average molecular weight is 398 g/mol. The second kappa shape index (κ2) is 8.43. The summed E-state index contributed by atoms with van der Waals surface area (Å²) in [6.45, 7) is 9.14. The summed E-state index contributed by atoms with van der Waals surface area (Å²) in [5.41, 5.74) is 3.45. The zero-order valence-corrected chi connectivity index (χ0v) is 17.3. The van der Waals surface area contributed by atoms with Gasteiger partial charge in [-0.3, -0.25) is 14.6 Å². The van der Waals surface area contributed by atoms with E-state index in [-0.39, 0.29) is 11.9 Å². The summed E-state index contributed by atoms with van der Waals surface area (Å²) in [5, 5.41) is 6.29. The van der Waals surface area contributed by atoms with Crippen LogP contribution in [0.3, 0.4) is 0 Å². The topological polar surface area (TPSA) is 64.3 Å². The van der Waals surface area contributed by atoms with Gasteiger partial charge in [0, 0.05) is 55.9 Å². The standard InChI is InChI=1S/C21H27N5OS/c1-15(2)23-19(27)14-26-10-8-25(9-11-26)13-17-16-5-3-7-22-21(16)24-20(17)18-6-4-12-28-18/h3-7,12,15H,8-11,13-14H2,1-2H3,(H,22,24)(H,23,27). The lowest BCUT2D eigenvalue weighted by atomic mass is 10.1. The summed E-state index contributed by atoms with van der Waals surface area (Å²) in [6.07, 6.45) is 1.84. The SMILES string of the molecule is CC(C)NC(=O)CN1CCN(Cc2c(-c3cccs3)[nH]c3ncccc23)CC1. The molecule has 0 radical (unpaired) electrons. The molecule has 3 aromatic rings. The van der Waals surface area contributed by atoms with E-state index < -0.39 is 0 Å². The molecule has 0 atom stereocenters. The van der Waals surface area contributed by atoms with Crippen molar-refractivity contribution < 1.29 is 4.79 Å². The number of hydrogen-bond acceptors (Lipinski definition) is 5. The maximum Gasteiger partial charge on any atom is 0.234 e. The van der Waals surface area contributed by atoms with Gasteiger partial charge in [-0.25, -0.2) is 4.98 Å². The van der Waals surface area contributed by atoms with Crippen molar-refractivity contribution in [2.45, 2.75) is 26.4 Å². The zero-order chi connectivity index (χ0) is 19.5. The molecular formula is C21H27N5OS. The van der Waals surface area contributed by atoms with Gasteiger partial charge in [0.1, 0.15) is 5.65 Å². The van der Waals surface area contributed by atoms with E-state index in [9.17, 15) is 4.79 Å². The molecule has 0 bridgehead atoms. The van der Waals surface area contributed by atoms with Gasteiger partial charge >= 0.3 is 0 Å². The molecule has 0 unspecified atom stereocenters. The number of thiophene rings is 1. The number of amides is 1. The number of nitrogens with zero attached hydrogens (tertiary/aromatic N) is 3. The van der Waals surface area contributed by atoms with Crippen molar-refractivity contribution in [1.29, 1.82) is 0 Å². The van der Waals surface area contributed by atoms with Gasteiger partial charge in [-0.05, 0) is 37.4 Å². The number of rotatable bonds is 6. The van der Waals surface area contributed by atoms with E-state index in [2.05, 4.69) is 48.7 Å². The maximum absolute atomic E-state index is 12.0. The van der Waals surface area contributed by atoms with Gasteiger partial charge in [-0.15, -0.1) is 11.3 Å². The monoisotopic (exact) mass is 397 g/mol. The van der Waals surface area contributed by atoms with Crippen LogP contribution in [-0.2, 0) is 11.3 Å². The Bertz CT molecular complexity index is 926. The Hall–Kier alpha value is -2.22. The largest absolute Gasteiger partial charge is 0.353 e. The van der Waals surface area contributed by atoms with Crippen molar-refractivity contribution in [3.8, 4) is 10.6 Å². The van der Waals surface area contributed by atoms with Gasteiger partial charge in [0.05, 0.1) is 17.1 Å². The summed E-state index contributed by atoms with van der Waals surface area (Å²) in [5.74, 6) is 0.117. The molecule has 4 heterocycles. The van der Waals surface area contributed by atoms with Crippen molar-refractivity contribution in [3.05, 3.63) is 41.4 Å². The molecule has 1 fully saturated rings. The Morgan fingerprint density at radius 3 is 2.71 bits per heavy atom. The number of nitrogens with one attached hydrogen (secondary N) is 2. The molecule has 0 saturated carbocycles.